The molecule has 4 heteroatoms. The van der Waals surface area contributed by atoms with Gasteiger partial charge < -0.3 is 10.8 Å². The van der Waals surface area contributed by atoms with Crippen molar-refractivity contribution in [1.29, 1.82) is 0 Å². The summed E-state index contributed by atoms with van der Waals surface area (Å²) in [6.45, 7) is 5.08. The molecule has 82 valence electrons. The highest BCUT2D eigenvalue weighted by Crippen LogP contribution is 2.25. The Morgan fingerprint density at radius 2 is 1.93 bits per heavy atom. The molecule has 0 heterocycles. The molecule has 0 aliphatic heterocycles. The van der Waals surface area contributed by atoms with Crippen molar-refractivity contribution >= 4 is 5.97 Å². The number of halogens is 1. The van der Waals surface area contributed by atoms with E-state index in [-0.39, 0.29) is 5.56 Å². The third-order valence-corrected chi connectivity index (χ3v) is 2.59. The Bertz CT molecular complexity index is 389. The minimum absolute atomic E-state index is 0.0833. The summed E-state index contributed by atoms with van der Waals surface area (Å²) in [5.41, 5.74) is 7.39. The van der Waals surface area contributed by atoms with Crippen LogP contribution in [0.2, 0.25) is 0 Å². The van der Waals surface area contributed by atoms with Crippen molar-refractivity contribution in [1.82, 2.24) is 0 Å². The Kier molecular flexibility index (Phi) is 3.09. The number of rotatable bonds is 2. The van der Waals surface area contributed by atoms with Gasteiger partial charge in [0.1, 0.15) is 11.9 Å². The number of carboxylic acid groups (broad SMARTS) is 1. The zero-order chi connectivity index (χ0) is 11.7. The van der Waals surface area contributed by atoms with E-state index in [0.717, 1.165) is 5.56 Å². The van der Waals surface area contributed by atoms with E-state index in [1.54, 1.807) is 26.8 Å². The number of carboxylic acids is 1. The number of nitrogens with two attached hydrogens (primary N) is 1. The van der Waals surface area contributed by atoms with Crippen LogP contribution in [-0.2, 0) is 4.79 Å². The van der Waals surface area contributed by atoms with Gasteiger partial charge in [0.15, 0.2) is 0 Å². The number of hydrogen-bond donors (Lipinski definition) is 2. The summed E-state index contributed by atoms with van der Waals surface area (Å²) >= 11 is 0. The first-order valence-electron chi connectivity index (χ1n) is 4.60. The van der Waals surface area contributed by atoms with Crippen LogP contribution < -0.4 is 5.73 Å². The molecule has 0 radical (unpaired) electrons. The summed E-state index contributed by atoms with van der Waals surface area (Å²) in [5, 5.41) is 8.77. The molecule has 15 heavy (non-hydrogen) atoms. The molecule has 0 saturated carbocycles. The maximum absolute atomic E-state index is 13.7. The van der Waals surface area contributed by atoms with E-state index >= 15 is 0 Å². The van der Waals surface area contributed by atoms with Gasteiger partial charge in [0, 0.05) is 5.56 Å². The maximum atomic E-state index is 13.7. The molecule has 0 aliphatic rings. The summed E-state index contributed by atoms with van der Waals surface area (Å²) < 4.78 is 13.7. The molecule has 3 N–H and O–H groups in total. The van der Waals surface area contributed by atoms with Crippen molar-refractivity contribution in [2.75, 3.05) is 0 Å². The second-order valence-electron chi connectivity index (χ2n) is 3.68. The van der Waals surface area contributed by atoms with Crippen LogP contribution >= 0.6 is 0 Å². The Balaban J connectivity index is 3.45. The molecule has 1 atom stereocenters. The number of hydrogen-bond acceptors (Lipinski definition) is 2. The van der Waals surface area contributed by atoms with Crippen LogP contribution in [0, 0.1) is 26.6 Å². The standard InChI is InChI=1S/C11H14FNO2/c1-5-4-6(2)9(12)8(7(5)3)10(13)11(14)15/h4,10H,13H2,1-3H3,(H,14,15). The zero-order valence-electron chi connectivity index (χ0n) is 8.97. The quantitative estimate of drug-likeness (QED) is 0.784. The molecule has 1 aromatic carbocycles. The average Bonchev–Trinajstić information content (AvgIpc) is 2.15. The number of aryl methyl sites for hydroxylation is 2. The fraction of sp³-hybridized carbons (Fsp3) is 0.364. The van der Waals surface area contributed by atoms with Gasteiger partial charge in [0.05, 0.1) is 0 Å². The van der Waals surface area contributed by atoms with Gasteiger partial charge in [-0.1, -0.05) is 6.07 Å². The molecule has 0 fully saturated rings. The third kappa shape index (κ3) is 1.99. The average molecular weight is 211 g/mol. The minimum atomic E-state index is -1.30. The Morgan fingerprint density at radius 1 is 1.40 bits per heavy atom. The first-order valence-corrected chi connectivity index (χ1v) is 4.60. The van der Waals surface area contributed by atoms with Crippen LogP contribution in [0.1, 0.15) is 28.3 Å². The smallest absolute Gasteiger partial charge is 0.325 e. The topological polar surface area (TPSA) is 63.3 Å². The second kappa shape index (κ2) is 3.98. The molecular formula is C11H14FNO2. The molecule has 0 aromatic heterocycles. The molecule has 3 nitrogen and oxygen atoms in total. The van der Waals surface area contributed by atoms with Crippen LogP contribution in [0.25, 0.3) is 0 Å². The summed E-state index contributed by atoms with van der Waals surface area (Å²) in [6, 6.07) is 0.381. The van der Waals surface area contributed by atoms with Crippen molar-refractivity contribution in [3.8, 4) is 0 Å². The van der Waals surface area contributed by atoms with Gasteiger partial charge >= 0.3 is 5.97 Å². The molecule has 0 amide bonds. The zero-order valence-corrected chi connectivity index (χ0v) is 8.97. The molecular weight excluding hydrogens is 197 g/mol. The summed E-state index contributed by atoms with van der Waals surface area (Å²) in [5.74, 6) is -1.74. The van der Waals surface area contributed by atoms with Gasteiger partial charge in [0.2, 0.25) is 0 Å². The van der Waals surface area contributed by atoms with Gasteiger partial charge in [0.25, 0.3) is 0 Å². The van der Waals surface area contributed by atoms with Crippen molar-refractivity contribution in [3.05, 3.63) is 34.1 Å². The van der Waals surface area contributed by atoms with Crippen molar-refractivity contribution in [2.24, 2.45) is 5.73 Å². The summed E-state index contributed by atoms with van der Waals surface area (Å²) in [4.78, 5) is 10.7. The largest absolute Gasteiger partial charge is 0.480 e. The lowest BCUT2D eigenvalue weighted by Gasteiger charge is -2.15. The maximum Gasteiger partial charge on any atom is 0.325 e. The van der Waals surface area contributed by atoms with E-state index in [2.05, 4.69) is 0 Å². The monoisotopic (exact) mass is 211 g/mol. The van der Waals surface area contributed by atoms with Crippen LogP contribution in [0.5, 0.6) is 0 Å². The lowest BCUT2D eigenvalue weighted by atomic mass is 9.94. The van der Waals surface area contributed by atoms with Crippen LogP contribution in [0.3, 0.4) is 0 Å². The predicted molar refractivity (Wildman–Crippen MR) is 55.2 cm³/mol. The van der Waals surface area contributed by atoms with E-state index in [4.69, 9.17) is 10.8 Å². The normalized spacial score (nSPS) is 12.6. The Morgan fingerprint density at radius 3 is 2.40 bits per heavy atom. The van der Waals surface area contributed by atoms with Crippen molar-refractivity contribution in [3.63, 3.8) is 0 Å². The molecule has 0 saturated heterocycles. The fourth-order valence-corrected chi connectivity index (χ4v) is 1.58. The lowest BCUT2D eigenvalue weighted by molar-refractivity contribution is -0.138. The first-order chi connectivity index (χ1) is 6.86. The van der Waals surface area contributed by atoms with Crippen LogP contribution in [0.15, 0.2) is 6.07 Å². The predicted octanol–water partition coefficient (Wildman–Crippen LogP) is 1.84. The van der Waals surface area contributed by atoms with Gasteiger partial charge in [-0.2, -0.15) is 0 Å². The molecule has 1 rings (SSSR count). The number of benzene rings is 1. The molecule has 0 aliphatic carbocycles. The lowest BCUT2D eigenvalue weighted by Crippen LogP contribution is -2.23. The van der Waals surface area contributed by atoms with E-state index in [1.165, 1.54) is 0 Å². The number of aliphatic carboxylic acids is 1. The van der Waals surface area contributed by atoms with E-state index in [1.807, 2.05) is 0 Å². The summed E-state index contributed by atoms with van der Waals surface area (Å²) in [7, 11) is 0. The molecule has 1 aromatic rings. The van der Waals surface area contributed by atoms with E-state index in [0.29, 0.717) is 11.1 Å². The first kappa shape index (κ1) is 11.7. The molecule has 0 spiro atoms. The number of carbonyl (C=O) groups is 1. The highest BCUT2D eigenvalue weighted by molar-refractivity contribution is 5.76. The summed E-state index contributed by atoms with van der Waals surface area (Å²) in [6.07, 6.45) is 0. The minimum Gasteiger partial charge on any atom is -0.480 e. The van der Waals surface area contributed by atoms with Gasteiger partial charge in [-0.25, -0.2) is 4.39 Å². The van der Waals surface area contributed by atoms with Crippen LogP contribution in [-0.4, -0.2) is 11.1 Å². The third-order valence-electron chi connectivity index (χ3n) is 2.59. The highest BCUT2D eigenvalue weighted by Gasteiger charge is 2.22. The highest BCUT2D eigenvalue weighted by atomic mass is 19.1. The fourth-order valence-electron chi connectivity index (χ4n) is 1.58. The van der Waals surface area contributed by atoms with E-state index < -0.39 is 17.8 Å². The van der Waals surface area contributed by atoms with Crippen LogP contribution in [0.4, 0.5) is 4.39 Å². The molecule has 0 bridgehead atoms. The van der Waals surface area contributed by atoms with Gasteiger partial charge in [-0.15, -0.1) is 0 Å². The van der Waals surface area contributed by atoms with E-state index in [9.17, 15) is 9.18 Å². The Labute approximate surface area is 87.7 Å². The van der Waals surface area contributed by atoms with Crippen molar-refractivity contribution in [2.45, 2.75) is 26.8 Å². The second-order valence-corrected chi connectivity index (χ2v) is 3.68. The SMILES string of the molecule is Cc1cc(C)c(F)c(C(N)C(=O)O)c1C. The van der Waals surface area contributed by atoms with Gasteiger partial charge in [-0.3, -0.25) is 4.79 Å². The Hall–Kier alpha value is -1.42. The van der Waals surface area contributed by atoms with Gasteiger partial charge in [-0.05, 0) is 37.5 Å². The van der Waals surface area contributed by atoms with Crippen molar-refractivity contribution < 1.29 is 14.3 Å². The molecule has 1 unspecified atom stereocenters.